The Morgan fingerprint density at radius 3 is 2.72 bits per heavy atom. The standard InChI is InChI=1S/C20H24N6O3/c21-16(27)19(28)24-18-13-8-23-17-12(1-2-22-17)15(13)26(25-18)14-10-3-9-4-11(14)7-20(29,5-9)6-10/h1-2,9-11,14,22-23,29H,3-8H2,(H2,21,27)(H,24,25,28)/t9?,10-,11+,14?,20?. The minimum Gasteiger partial charge on any atom is -0.390 e. The first-order valence-corrected chi connectivity index (χ1v) is 10.3. The van der Waals surface area contributed by atoms with E-state index in [1.807, 2.05) is 12.3 Å². The molecular formula is C20H24N6O3. The van der Waals surface area contributed by atoms with E-state index in [0.717, 1.165) is 54.7 Å². The lowest BCUT2D eigenvalue weighted by Crippen LogP contribution is -2.55. The Kier molecular flexibility index (Phi) is 3.31. The van der Waals surface area contributed by atoms with Gasteiger partial charge in [-0.3, -0.25) is 14.3 Å². The summed E-state index contributed by atoms with van der Waals surface area (Å²) in [5, 5.41) is 21.7. The van der Waals surface area contributed by atoms with Crippen LogP contribution in [0.2, 0.25) is 0 Å². The Bertz CT molecular complexity index is 1020. The fourth-order valence-corrected chi connectivity index (χ4v) is 6.65. The van der Waals surface area contributed by atoms with Crippen LogP contribution in [0.5, 0.6) is 0 Å². The van der Waals surface area contributed by atoms with E-state index < -0.39 is 17.4 Å². The number of primary amides is 1. The van der Waals surface area contributed by atoms with Crippen LogP contribution in [0.1, 0.15) is 43.7 Å². The SMILES string of the molecule is NC(=O)C(=O)Nc1nn(C2[C@@H]3CC4C[C@H]2CC(O)(C4)C3)c2c1CNc1[nH]ccc1-2. The molecule has 1 aliphatic heterocycles. The van der Waals surface area contributed by atoms with Crippen molar-refractivity contribution in [2.24, 2.45) is 23.5 Å². The molecule has 7 rings (SSSR count). The predicted octanol–water partition coefficient (Wildman–Crippen LogP) is 1.34. The average Bonchev–Trinajstić information content (AvgIpc) is 3.24. The summed E-state index contributed by atoms with van der Waals surface area (Å²) in [4.78, 5) is 26.5. The summed E-state index contributed by atoms with van der Waals surface area (Å²) in [6, 6.07) is 2.18. The molecule has 9 heteroatoms. The molecule has 152 valence electrons. The van der Waals surface area contributed by atoms with Crippen LogP contribution >= 0.6 is 0 Å². The number of anilines is 2. The Balaban J connectivity index is 1.48. The molecule has 2 amide bonds. The third-order valence-corrected chi connectivity index (χ3v) is 7.38. The minimum absolute atomic E-state index is 0.181. The number of nitrogens with two attached hydrogens (primary N) is 1. The van der Waals surface area contributed by atoms with Gasteiger partial charge in [0.15, 0.2) is 5.82 Å². The van der Waals surface area contributed by atoms with Crippen molar-refractivity contribution >= 4 is 23.5 Å². The number of aromatic nitrogens is 3. The number of aliphatic hydroxyl groups is 1. The van der Waals surface area contributed by atoms with E-state index in [2.05, 4.69) is 20.3 Å². The molecule has 4 bridgehead atoms. The van der Waals surface area contributed by atoms with Gasteiger partial charge in [-0.15, -0.1) is 0 Å². The van der Waals surface area contributed by atoms with E-state index in [-0.39, 0.29) is 6.04 Å². The van der Waals surface area contributed by atoms with Crippen molar-refractivity contribution in [3.05, 3.63) is 17.8 Å². The van der Waals surface area contributed by atoms with Gasteiger partial charge < -0.3 is 26.5 Å². The second-order valence-electron chi connectivity index (χ2n) is 9.24. The highest BCUT2D eigenvalue weighted by Crippen LogP contribution is 2.60. The molecule has 9 nitrogen and oxygen atoms in total. The summed E-state index contributed by atoms with van der Waals surface area (Å²) < 4.78 is 2.07. The largest absolute Gasteiger partial charge is 0.390 e. The van der Waals surface area contributed by atoms with Gasteiger partial charge in [-0.2, -0.15) is 5.10 Å². The van der Waals surface area contributed by atoms with E-state index in [9.17, 15) is 14.7 Å². The molecule has 2 aromatic heterocycles. The van der Waals surface area contributed by atoms with Crippen molar-refractivity contribution < 1.29 is 14.7 Å². The zero-order chi connectivity index (χ0) is 19.9. The molecule has 5 atom stereocenters. The number of fused-ring (bicyclic) bond motifs is 3. The molecule has 3 unspecified atom stereocenters. The number of H-pyrrole nitrogens is 1. The molecule has 0 radical (unpaired) electrons. The highest BCUT2D eigenvalue weighted by atomic mass is 16.3. The lowest BCUT2D eigenvalue weighted by atomic mass is 9.52. The van der Waals surface area contributed by atoms with Crippen LogP contribution in [0.3, 0.4) is 0 Å². The summed E-state index contributed by atoms with van der Waals surface area (Å²) in [7, 11) is 0. The van der Waals surface area contributed by atoms with Gasteiger partial charge in [-0.25, -0.2) is 0 Å². The van der Waals surface area contributed by atoms with Gasteiger partial charge in [0.2, 0.25) is 0 Å². The number of rotatable bonds is 2. The molecule has 0 spiro atoms. The summed E-state index contributed by atoms with van der Waals surface area (Å²) in [6.45, 7) is 0.492. The number of nitrogens with one attached hydrogen (secondary N) is 3. The van der Waals surface area contributed by atoms with Crippen molar-refractivity contribution in [2.45, 2.75) is 50.3 Å². The molecule has 4 fully saturated rings. The van der Waals surface area contributed by atoms with Crippen LogP contribution in [0.4, 0.5) is 11.6 Å². The van der Waals surface area contributed by atoms with Crippen LogP contribution in [0.15, 0.2) is 12.3 Å². The number of amides is 2. The van der Waals surface area contributed by atoms with Crippen LogP contribution in [0, 0.1) is 17.8 Å². The topological polar surface area (TPSA) is 138 Å². The number of carbonyl (C=O) groups is 2. The normalized spacial score (nSPS) is 33.7. The summed E-state index contributed by atoms with van der Waals surface area (Å²) in [5.74, 6) is 0.746. The van der Waals surface area contributed by atoms with Crippen molar-refractivity contribution in [2.75, 3.05) is 10.6 Å². The number of aromatic amines is 1. The van der Waals surface area contributed by atoms with Gasteiger partial charge in [0.25, 0.3) is 0 Å². The van der Waals surface area contributed by atoms with Gasteiger partial charge in [0.05, 0.1) is 17.3 Å². The van der Waals surface area contributed by atoms with E-state index in [1.54, 1.807) is 0 Å². The van der Waals surface area contributed by atoms with Crippen LogP contribution in [-0.4, -0.2) is 37.3 Å². The lowest BCUT2D eigenvalue weighted by Gasteiger charge is -2.58. The Morgan fingerprint density at radius 2 is 2.03 bits per heavy atom. The molecule has 3 heterocycles. The maximum absolute atomic E-state index is 12.0. The second kappa shape index (κ2) is 5.63. The van der Waals surface area contributed by atoms with Crippen molar-refractivity contribution in [1.82, 2.24) is 14.8 Å². The number of hydrogen-bond donors (Lipinski definition) is 5. The summed E-state index contributed by atoms with van der Waals surface area (Å²) in [5.41, 5.74) is 7.46. The Labute approximate surface area is 167 Å². The first-order valence-electron chi connectivity index (χ1n) is 10.3. The van der Waals surface area contributed by atoms with Gasteiger partial charge >= 0.3 is 11.8 Å². The van der Waals surface area contributed by atoms with E-state index in [4.69, 9.17) is 10.8 Å². The van der Waals surface area contributed by atoms with Crippen LogP contribution in [-0.2, 0) is 16.1 Å². The fraction of sp³-hybridized carbons (Fsp3) is 0.550. The van der Waals surface area contributed by atoms with Gasteiger partial charge in [0.1, 0.15) is 5.82 Å². The quantitative estimate of drug-likeness (QED) is 0.488. The highest BCUT2D eigenvalue weighted by Gasteiger charge is 2.56. The van der Waals surface area contributed by atoms with Crippen molar-refractivity contribution in [3.8, 4) is 11.3 Å². The fourth-order valence-electron chi connectivity index (χ4n) is 6.65. The monoisotopic (exact) mass is 396 g/mol. The molecule has 2 aromatic rings. The molecule has 6 N–H and O–H groups in total. The Morgan fingerprint density at radius 1 is 1.28 bits per heavy atom. The minimum atomic E-state index is -1.03. The average molecular weight is 396 g/mol. The maximum atomic E-state index is 12.0. The molecule has 4 aliphatic carbocycles. The zero-order valence-electron chi connectivity index (χ0n) is 15.9. The summed E-state index contributed by atoms with van der Waals surface area (Å²) >= 11 is 0. The molecule has 0 aromatic carbocycles. The van der Waals surface area contributed by atoms with E-state index >= 15 is 0 Å². The van der Waals surface area contributed by atoms with E-state index in [1.165, 1.54) is 0 Å². The summed E-state index contributed by atoms with van der Waals surface area (Å²) in [6.07, 6.45) is 6.64. The maximum Gasteiger partial charge on any atom is 0.314 e. The molecule has 5 aliphatic rings. The van der Waals surface area contributed by atoms with E-state index in [0.29, 0.717) is 30.1 Å². The van der Waals surface area contributed by atoms with Crippen LogP contribution in [0.25, 0.3) is 11.3 Å². The zero-order valence-corrected chi connectivity index (χ0v) is 15.9. The van der Waals surface area contributed by atoms with Crippen molar-refractivity contribution in [3.63, 3.8) is 0 Å². The second-order valence-corrected chi connectivity index (χ2v) is 9.24. The smallest absolute Gasteiger partial charge is 0.314 e. The first-order chi connectivity index (χ1) is 13.9. The molecular weight excluding hydrogens is 372 g/mol. The number of nitrogens with zero attached hydrogens (tertiary/aromatic N) is 2. The van der Waals surface area contributed by atoms with Crippen molar-refractivity contribution in [1.29, 1.82) is 0 Å². The Hall–Kier alpha value is -2.81. The van der Waals surface area contributed by atoms with Gasteiger partial charge in [-0.1, -0.05) is 0 Å². The third-order valence-electron chi connectivity index (χ3n) is 7.38. The van der Waals surface area contributed by atoms with Gasteiger partial charge in [-0.05, 0) is 55.9 Å². The molecule has 29 heavy (non-hydrogen) atoms. The number of carbonyl (C=O) groups excluding carboxylic acids is 2. The van der Waals surface area contributed by atoms with Crippen LogP contribution < -0.4 is 16.4 Å². The van der Waals surface area contributed by atoms with Gasteiger partial charge in [0, 0.05) is 23.9 Å². The molecule has 0 saturated heterocycles. The lowest BCUT2D eigenvalue weighted by molar-refractivity contribution is -0.148. The molecule has 4 saturated carbocycles. The third kappa shape index (κ3) is 2.40. The predicted molar refractivity (Wildman–Crippen MR) is 105 cm³/mol. The first kappa shape index (κ1) is 17.1. The highest BCUT2D eigenvalue weighted by molar-refractivity contribution is 6.39. The number of hydrogen-bond acceptors (Lipinski definition) is 5.